The Hall–Kier alpha value is -2.69. The van der Waals surface area contributed by atoms with Crippen molar-refractivity contribution >= 4 is 16.8 Å². The van der Waals surface area contributed by atoms with Gasteiger partial charge in [0.1, 0.15) is 0 Å². The fraction of sp³-hybridized carbons (Fsp3) is 0.350. The number of pyridine rings is 1. The molecule has 1 N–H and O–H groups in total. The molecule has 0 aliphatic carbocycles. The lowest BCUT2D eigenvalue weighted by molar-refractivity contribution is 0.0941. The van der Waals surface area contributed by atoms with Gasteiger partial charge >= 0.3 is 0 Å². The number of aryl methyl sites for hydroxylation is 3. The minimum absolute atomic E-state index is 0.00849. The van der Waals surface area contributed by atoms with E-state index in [4.69, 9.17) is 0 Å². The SMILES string of the molecule is Cc1nn(C)c(C)c1CC(C)NC(=O)c1ccc(C)c2cccnc12. The number of rotatable bonds is 4. The van der Waals surface area contributed by atoms with E-state index in [-0.39, 0.29) is 11.9 Å². The van der Waals surface area contributed by atoms with E-state index in [1.54, 1.807) is 6.20 Å². The highest BCUT2D eigenvalue weighted by atomic mass is 16.1. The molecule has 3 rings (SSSR count). The second-order valence-corrected chi connectivity index (χ2v) is 6.68. The summed E-state index contributed by atoms with van der Waals surface area (Å²) in [6.45, 7) is 8.12. The Morgan fingerprint density at radius 1 is 1.24 bits per heavy atom. The molecule has 0 radical (unpaired) electrons. The number of amides is 1. The highest BCUT2D eigenvalue weighted by molar-refractivity contribution is 6.06. The maximum Gasteiger partial charge on any atom is 0.253 e. The number of nitrogens with zero attached hydrogens (tertiary/aromatic N) is 3. The van der Waals surface area contributed by atoms with E-state index >= 15 is 0 Å². The first-order chi connectivity index (χ1) is 11.9. The Morgan fingerprint density at radius 3 is 2.68 bits per heavy atom. The predicted molar refractivity (Wildman–Crippen MR) is 99.8 cm³/mol. The average molecular weight is 336 g/mol. The van der Waals surface area contributed by atoms with Crippen molar-refractivity contribution in [3.8, 4) is 0 Å². The third kappa shape index (κ3) is 3.27. The normalized spacial score (nSPS) is 12.4. The quantitative estimate of drug-likeness (QED) is 0.795. The predicted octanol–water partition coefficient (Wildman–Crippen LogP) is 3.25. The van der Waals surface area contributed by atoms with E-state index in [9.17, 15) is 4.79 Å². The molecule has 0 saturated carbocycles. The van der Waals surface area contributed by atoms with Gasteiger partial charge in [-0.15, -0.1) is 0 Å². The van der Waals surface area contributed by atoms with Crippen LogP contribution in [-0.4, -0.2) is 26.7 Å². The molecule has 2 aromatic heterocycles. The molecule has 5 heteroatoms. The van der Waals surface area contributed by atoms with Crippen LogP contribution < -0.4 is 5.32 Å². The number of carbonyl (C=O) groups excluding carboxylic acids is 1. The van der Waals surface area contributed by atoms with Gasteiger partial charge in [0.15, 0.2) is 0 Å². The summed E-state index contributed by atoms with van der Waals surface area (Å²) in [7, 11) is 1.94. The van der Waals surface area contributed by atoms with Crippen LogP contribution in [0.4, 0.5) is 0 Å². The largest absolute Gasteiger partial charge is 0.349 e. The fourth-order valence-corrected chi connectivity index (χ4v) is 3.27. The van der Waals surface area contributed by atoms with Crippen LogP contribution in [0.5, 0.6) is 0 Å². The zero-order valence-corrected chi connectivity index (χ0v) is 15.4. The second kappa shape index (κ2) is 6.67. The molecule has 1 unspecified atom stereocenters. The van der Waals surface area contributed by atoms with Crippen molar-refractivity contribution < 1.29 is 4.79 Å². The van der Waals surface area contributed by atoms with E-state index in [0.717, 1.165) is 34.3 Å². The number of hydrogen-bond acceptors (Lipinski definition) is 3. The lowest BCUT2D eigenvalue weighted by atomic mass is 10.0. The van der Waals surface area contributed by atoms with Crippen LogP contribution in [0.15, 0.2) is 30.5 Å². The number of aromatic nitrogens is 3. The van der Waals surface area contributed by atoms with E-state index < -0.39 is 0 Å². The van der Waals surface area contributed by atoms with E-state index in [1.807, 2.05) is 56.8 Å². The topological polar surface area (TPSA) is 59.8 Å². The molecule has 0 aliphatic rings. The maximum atomic E-state index is 12.8. The molecule has 0 saturated heterocycles. The molecule has 25 heavy (non-hydrogen) atoms. The van der Waals surface area contributed by atoms with Crippen molar-refractivity contribution in [2.24, 2.45) is 7.05 Å². The van der Waals surface area contributed by atoms with Crippen molar-refractivity contribution in [2.45, 2.75) is 40.2 Å². The smallest absolute Gasteiger partial charge is 0.253 e. The van der Waals surface area contributed by atoms with E-state index in [0.29, 0.717) is 5.56 Å². The molecule has 1 amide bonds. The van der Waals surface area contributed by atoms with Crippen LogP contribution in [0.3, 0.4) is 0 Å². The van der Waals surface area contributed by atoms with Gasteiger partial charge < -0.3 is 5.32 Å². The third-order valence-corrected chi connectivity index (χ3v) is 4.78. The summed E-state index contributed by atoms with van der Waals surface area (Å²) in [6.07, 6.45) is 2.48. The molecule has 130 valence electrons. The molecule has 1 atom stereocenters. The van der Waals surface area contributed by atoms with Gasteiger partial charge in [-0.2, -0.15) is 5.10 Å². The number of hydrogen-bond donors (Lipinski definition) is 1. The van der Waals surface area contributed by atoms with Gasteiger partial charge in [-0.05, 0) is 57.4 Å². The Morgan fingerprint density at radius 2 is 2.00 bits per heavy atom. The van der Waals surface area contributed by atoms with Gasteiger partial charge in [0.05, 0.1) is 16.8 Å². The van der Waals surface area contributed by atoms with Gasteiger partial charge in [-0.25, -0.2) is 0 Å². The second-order valence-electron chi connectivity index (χ2n) is 6.68. The van der Waals surface area contributed by atoms with Crippen LogP contribution in [0.25, 0.3) is 10.9 Å². The van der Waals surface area contributed by atoms with Crippen molar-refractivity contribution in [2.75, 3.05) is 0 Å². The molecule has 0 aliphatic heterocycles. The summed E-state index contributed by atoms with van der Waals surface area (Å²) in [6, 6.07) is 7.73. The van der Waals surface area contributed by atoms with Crippen LogP contribution in [-0.2, 0) is 13.5 Å². The number of nitrogens with one attached hydrogen (secondary N) is 1. The molecule has 2 heterocycles. The van der Waals surface area contributed by atoms with Crippen molar-refractivity contribution in [1.82, 2.24) is 20.1 Å². The minimum atomic E-state index is -0.0876. The van der Waals surface area contributed by atoms with Crippen LogP contribution in [0.2, 0.25) is 0 Å². The average Bonchev–Trinajstić information content (AvgIpc) is 2.81. The summed E-state index contributed by atoms with van der Waals surface area (Å²) in [5.41, 5.74) is 5.84. The molecular formula is C20H24N4O. The molecule has 0 spiro atoms. The maximum absolute atomic E-state index is 12.8. The first-order valence-corrected chi connectivity index (χ1v) is 8.52. The zero-order valence-electron chi connectivity index (χ0n) is 15.4. The number of fused-ring (bicyclic) bond motifs is 1. The van der Waals surface area contributed by atoms with Crippen molar-refractivity contribution in [1.29, 1.82) is 0 Å². The lowest BCUT2D eigenvalue weighted by Gasteiger charge is -2.15. The minimum Gasteiger partial charge on any atom is -0.349 e. The monoisotopic (exact) mass is 336 g/mol. The summed E-state index contributed by atoms with van der Waals surface area (Å²) in [5.74, 6) is -0.0876. The molecule has 1 aromatic carbocycles. The summed E-state index contributed by atoms with van der Waals surface area (Å²) >= 11 is 0. The molecule has 0 bridgehead atoms. The van der Waals surface area contributed by atoms with Gasteiger partial charge in [0.2, 0.25) is 0 Å². The Bertz CT molecular complexity index is 942. The molecule has 5 nitrogen and oxygen atoms in total. The number of carbonyl (C=O) groups is 1. The number of benzene rings is 1. The van der Waals surface area contributed by atoms with Crippen molar-refractivity contribution in [3.63, 3.8) is 0 Å². The zero-order chi connectivity index (χ0) is 18.1. The van der Waals surface area contributed by atoms with Crippen molar-refractivity contribution in [3.05, 3.63) is 58.5 Å². The van der Waals surface area contributed by atoms with Gasteiger partial charge in [0, 0.05) is 30.4 Å². The van der Waals surface area contributed by atoms with Crippen LogP contribution in [0, 0.1) is 20.8 Å². The lowest BCUT2D eigenvalue weighted by Crippen LogP contribution is -2.34. The molecular weight excluding hydrogens is 312 g/mol. The van der Waals surface area contributed by atoms with Gasteiger partial charge in [-0.3, -0.25) is 14.5 Å². The van der Waals surface area contributed by atoms with E-state index in [1.165, 1.54) is 5.56 Å². The fourth-order valence-electron chi connectivity index (χ4n) is 3.27. The summed E-state index contributed by atoms with van der Waals surface area (Å²) < 4.78 is 1.89. The Labute approximate surface area is 148 Å². The standard InChI is InChI=1S/C20H24N4O/c1-12-8-9-17(19-16(12)7-6-10-21-19)20(25)22-13(2)11-18-14(3)23-24(5)15(18)4/h6-10,13H,11H2,1-5H3,(H,22,25). The van der Waals surface area contributed by atoms with Gasteiger partial charge in [0.25, 0.3) is 5.91 Å². The summed E-state index contributed by atoms with van der Waals surface area (Å²) in [5, 5.41) is 8.57. The first kappa shape index (κ1) is 17.1. The molecule has 3 aromatic rings. The van der Waals surface area contributed by atoms with Gasteiger partial charge in [-0.1, -0.05) is 12.1 Å². The summed E-state index contributed by atoms with van der Waals surface area (Å²) in [4.78, 5) is 17.2. The Kier molecular flexibility index (Phi) is 4.57. The van der Waals surface area contributed by atoms with Crippen LogP contribution >= 0.6 is 0 Å². The third-order valence-electron chi connectivity index (χ3n) is 4.78. The Balaban J connectivity index is 1.82. The molecule has 0 fully saturated rings. The highest BCUT2D eigenvalue weighted by Crippen LogP contribution is 2.20. The highest BCUT2D eigenvalue weighted by Gasteiger charge is 2.17. The first-order valence-electron chi connectivity index (χ1n) is 8.52. The van der Waals surface area contributed by atoms with E-state index in [2.05, 4.69) is 22.3 Å². The van der Waals surface area contributed by atoms with Crippen LogP contribution in [0.1, 0.15) is 39.8 Å².